The predicted molar refractivity (Wildman–Crippen MR) is 155 cm³/mol. The summed E-state index contributed by atoms with van der Waals surface area (Å²) in [4.78, 5) is 53.4. The summed E-state index contributed by atoms with van der Waals surface area (Å²) in [6, 6.07) is 16.6. The molecule has 0 spiro atoms. The Morgan fingerprint density at radius 2 is 1.70 bits per heavy atom. The number of fused-ring (bicyclic) bond motifs is 1. The Labute approximate surface area is 246 Å². The normalized spacial score (nSPS) is 14.6. The quantitative estimate of drug-likeness (QED) is 0.180. The van der Waals surface area contributed by atoms with Gasteiger partial charge in [-0.05, 0) is 36.3 Å². The lowest BCUT2D eigenvalue weighted by Gasteiger charge is -2.26. The first-order valence-corrected chi connectivity index (χ1v) is 13.5. The van der Waals surface area contributed by atoms with Gasteiger partial charge in [0, 0.05) is 17.7 Å². The van der Waals surface area contributed by atoms with E-state index in [1.54, 1.807) is 55.5 Å². The van der Waals surface area contributed by atoms with E-state index in [0.717, 1.165) is 23.5 Å². The number of methoxy groups -OCH3 is 1. The maximum absolute atomic E-state index is 14.0. The molecule has 0 saturated carbocycles. The van der Waals surface area contributed by atoms with Crippen LogP contribution in [0.4, 0.5) is 11.4 Å². The molecule has 0 bridgehead atoms. The molecule has 0 unspecified atom stereocenters. The van der Waals surface area contributed by atoms with Crippen LogP contribution in [-0.2, 0) is 9.53 Å². The van der Waals surface area contributed by atoms with Crippen LogP contribution in [0.5, 0.6) is 11.5 Å². The van der Waals surface area contributed by atoms with Crippen molar-refractivity contribution in [3.05, 3.63) is 129 Å². The van der Waals surface area contributed by atoms with E-state index in [1.165, 1.54) is 17.8 Å². The smallest absolute Gasteiger partial charge is 0.338 e. The molecule has 1 aliphatic heterocycles. The SMILES string of the molecule is CCOC(=O)C1=C(c2ccccc2)N=c2s/c(=C\c3cc([N+](=O)[O-])c(O)c([N+](=O)[O-])c3)c(=O)n2[C@H]1c1ccc(OC)cc1. The number of hydrogen-bond donors (Lipinski definition) is 1. The zero-order chi connectivity index (χ0) is 30.8. The molecule has 1 atom stereocenters. The lowest BCUT2D eigenvalue weighted by atomic mass is 9.93. The van der Waals surface area contributed by atoms with Gasteiger partial charge in [-0.1, -0.05) is 53.8 Å². The number of benzene rings is 3. The van der Waals surface area contributed by atoms with Gasteiger partial charge < -0.3 is 14.6 Å². The van der Waals surface area contributed by atoms with Crippen molar-refractivity contribution in [2.24, 2.45) is 4.99 Å². The Kier molecular flexibility index (Phi) is 7.86. The lowest BCUT2D eigenvalue weighted by molar-refractivity contribution is -0.396. The topological polar surface area (TPSA) is 176 Å². The third-order valence-corrected chi connectivity index (χ3v) is 7.57. The second-order valence-electron chi connectivity index (χ2n) is 9.13. The van der Waals surface area contributed by atoms with Gasteiger partial charge in [-0.25, -0.2) is 9.79 Å². The molecule has 0 saturated heterocycles. The summed E-state index contributed by atoms with van der Waals surface area (Å²) in [6.07, 6.45) is 1.24. The van der Waals surface area contributed by atoms with Crippen molar-refractivity contribution in [1.29, 1.82) is 0 Å². The lowest BCUT2D eigenvalue weighted by Crippen LogP contribution is -2.40. The Bertz CT molecular complexity index is 1950. The number of ether oxygens (including phenoxy) is 2. The molecular formula is C29H22N4O9S. The molecule has 0 amide bonds. The van der Waals surface area contributed by atoms with Crippen LogP contribution >= 0.6 is 11.3 Å². The molecule has 4 aromatic rings. The minimum atomic E-state index is -1.10. The van der Waals surface area contributed by atoms with Gasteiger partial charge in [0.2, 0.25) is 0 Å². The molecule has 13 nitrogen and oxygen atoms in total. The number of aromatic hydroxyl groups is 1. The number of carbonyl (C=O) groups excluding carboxylic acids is 1. The van der Waals surface area contributed by atoms with Crippen LogP contribution < -0.4 is 19.6 Å². The molecule has 14 heteroatoms. The van der Waals surface area contributed by atoms with Gasteiger partial charge in [0.05, 0.1) is 45.4 Å². The van der Waals surface area contributed by atoms with Crippen molar-refractivity contribution in [1.82, 2.24) is 4.57 Å². The number of carbonyl (C=O) groups is 1. The number of nitro benzene ring substituents is 2. The average Bonchev–Trinajstić information content (AvgIpc) is 3.31. The number of aromatic nitrogens is 1. The Balaban J connectivity index is 1.83. The first kappa shape index (κ1) is 28.9. The summed E-state index contributed by atoms with van der Waals surface area (Å²) >= 11 is 0.936. The standard InChI is InChI=1S/C29H22N4O9S/c1-3-42-28(36)23-24(17-7-5-4-6-8-17)30-29-31(25(23)18-9-11-19(41-2)12-10-18)27(35)22(43-29)15-16-13-20(32(37)38)26(34)21(14-16)33(39)40/h4-15,25,34H,3H2,1-2H3/b22-15-/t25-/m0/s1. The van der Waals surface area contributed by atoms with E-state index in [9.17, 15) is 34.9 Å². The highest BCUT2D eigenvalue weighted by Gasteiger charge is 2.35. The highest BCUT2D eigenvalue weighted by molar-refractivity contribution is 7.07. The van der Waals surface area contributed by atoms with Crippen molar-refractivity contribution in [2.75, 3.05) is 13.7 Å². The Hall–Kier alpha value is -5.63. The van der Waals surface area contributed by atoms with Crippen LogP contribution in [0.15, 0.2) is 82.1 Å². The summed E-state index contributed by atoms with van der Waals surface area (Å²) in [5.41, 5.74) is -0.869. The number of hydrogen-bond acceptors (Lipinski definition) is 11. The first-order valence-electron chi connectivity index (χ1n) is 12.7. The van der Waals surface area contributed by atoms with E-state index in [-0.39, 0.29) is 27.1 Å². The van der Waals surface area contributed by atoms with E-state index < -0.39 is 44.5 Å². The van der Waals surface area contributed by atoms with Gasteiger partial charge in [-0.3, -0.25) is 29.6 Å². The van der Waals surface area contributed by atoms with Crippen molar-refractivity contribution in [3.8, 4) is 11.5 Å². The number of esters is 1. The number of phenols is 1. The molecule has 3 aromatic carbocycles. The second kappa shape index (κ2) is 11.7. The molecule has 5 rings (SSSR count). The van der Waals surface area contributed by atoms with E-state index in [0.29, 0.717) is 22.6 Å². The number of rotatable bonds is 8. The van der Waals surface area contributed by atoms with Gasteiger partial charge in [0.1, 0.15) is 5.75 Å². The molecule has 0 aliphatic carbocycles. The van der Waals surface area contributed by atoms with Crippen molar-refractivity contribution < 1.29 is 29.2 Å². The van der Waals surface area contributed by atoms with Crippen LogP contribution in [0.1, 0.15) is 29.7 Å². The molecule has 1 N–H and O–H groups in total. The number of nitrogens with zero attached hydrogens (tertiary/aromatic N) is 4. The second-order valence-corrected chi connectivity index (χ2v) is 10.1. The van der Waals surface area contributed by atoms with Crippen LogP contribution in [-0.4, -0.2) is 39.2 Å². The third-order valence-electron chi connectivity index (χ3n) is 6.59. The Morgan fingerprint density at radius 1 is 1.07 bits per heavy atom. The summed E-state index contributed by atoms with van der Waals surface area (Å²) in [5, 5.41) is 33.0. The minimum absolute atomic E-state index is 0.0315. The van der Waals surface area contributed by atoms with Crippen LogP contribution in [0.2, 0.25) is 0 Å². The molecule has 0 radical (unpaired) electrons. The van der Waals surface area contributed by atoms with E-state index in [4.69, 9.17) is 14.5 Å². The molecule has 1 aromatic heterocycles. The van der Waals surface area contributed by atoms with Gasteiger partial charge in [0.25, 0.3) is 11.3 Å². The van der Waals surface area contributed by atoms with Crippen molar-refractivity contribution >= 4 is 40.5 Å². The van der Waals surface area contributed by atoms with E-state index in [1.807, 2.05) is 6.07 Å². The van der Waals surface area contributed by atoms with Gasteiger partial charge in [0.15, 0.2) is 4.80 Å². The van der Waals surface area contributed by atoms with Crippen LogP contribution in [0, 0.1) is 20.2 Å². The van der Waals surface area contributed by atoms with E-state index >= 15 is 0 Å². The summed E-state index contributed by atoms with van der Waals surface area (Å²) in [5.74, 6) is -1.22. The number of phenolic OH excluding ortho intramolecular Hbond substituents is 1. The third kappa shape index (κ3) is 5.38. The zero-order valence-electron chi connectivity index (χ0n) is 22.6. The number of thiazole rings is 1. The molecule has 0 fully saturated rings. The van der Waals surface area contributed by atoms with Crippen molar-refractivity contribution in [2.45, 2.75) is 13.0 Å². The molecule has 1 aliphatic rings. The fourth-order valence-corrected chi connectivity index (χ4v) is 5.68. The van der Waals surface area contributed by atoms with Crippen molar-refractivity contribution in [3.63, 3.8) is 0 Å². The summed E-state index contributed by atoms with van der Waals surface area (Å²) in [7, 11) is 1.51. The van der Waals surface area contributed by atoms with Gasteiger partial charge in [-0.15, -0.1) is 0 Å². The summed E-state index contributed by atoms with van der Waals surface area (Å²) in [6.45, 7) is 1.73. The van der Waals surface area contributed by atoms with Gasteiger partial charge in [-0.2, -0.15) is 0 Å². The maximum atomic E-state index is 14.0. The largest absolute Gasteiger partial charge is 0.497 e. The van der Waals surface area contributed by atoms with Crippen LogP contribution in [0.3, 0.4) is 0 Å². The molecule has 43 heavy (non-hydrogen) atoms. The van der Waals surface area contributed by atoms with Gasteiger partial charge >= 0.3 is 17.3 Å². The molecule has 218 valence electrons. The Morgan fingerprint density at radius 3 is 2.26 bits per heavy atom. The highest BCUT2D eigenvalue weighted by atomic mass is 32.1. The highest BCUT2D eigenvalue weighted by Crippen LogP contribution is 2.38. The van der Waals surface area contributed by atoms with Crippen LogP contribution in [0.25, 0.3) is 11.8 Å². The predicted octanol–water partition coefficient (Wildman–Crippen LogP) is 3.47. The van der Waals surface area contributed by atoms with E-state index in [2.05, 4.69) is 0 Å². The zero-order valence-corrected chi connectivity index (χ0v) is 23.4. The summed E-state index contributed by atoms with van der Waals surface area (Å²) < 4.78 is 12.0. The minimum Gasteiger partial charge on any atom is -0.497 e. The fourth-order valence-electron chi connectivity index (χ4n) is 4.68. The average molecular weight is 603 g/mol. The maximum Gasteiger partial charge on any atom is 0.338 e. The number of nitro groups is 2. The monoisotopic (exact) mass is 602 g/mol. The molecular weight excluding hydrogens is 580 g/mol. The fraction of sp³-hybridized carbons (Fsp3) is 0.138. The molecule has 2 heterocycles. The first-order chi connectivity index (χ1) is 20.6.